The van der Waals surface area contributed by atoms with Gasteiger partial charge in [-0.15, -0.1) is 0 Å². The second-order valence-electron chi connectivity index (χ2n) is 4.19. The van der Waals surface area contributed by atoms with Gasteiger partial charge in [0, 0.05) is 0 Å². The average Bonchev–Trinajstić information content (AvgIpc) is 2.29. The number of aliphatic hydroxyl groups excluding tert-OH is 1. The zero-order chi connectivity index (χ0) is 10.9. The average molecular weight is 207 g/mol. The molecule has 0 bridgehead atoms. The van der Waals surface area contributed by atoms with E-state index in [1.807, 2.05) is 18.2 Å². The molecule has 0 spiro atoms. The van der Waals surface area contributed by atoms with Crippen LogP contribution in [0.25, 0.3) is 0 Å². The van der Waals surface area contributed by atoms with Gasteiger partial charge in [0.1, 0.15) is 5.75 Å². The van der Waals surface area contributed by atoms with Crippen LogP contribution in [0.2, 0.25) is 0 Å². The quantitative estimate of drug-likeness (QED) is 0.765. The molecule has 0 aromatic heterocycles. The van der Waals surface area contributed by atoms with E-state index < -0.39 is 5.54 Å². The second-order valence-corrected chi connectivity index (χ2v) is 4.19. The third-order valence-corrected chi connectivity index (χ3v) is 3.20. The first kappa shape index (κ1) is 10.5. The van der Waals surface area contributed by atoms with Crippen molar-refractivity contribution in [2.75, 3.05) is 13.7 Å². The highest BCUT2D eigenvalue weighted by Crippen LogP contribution is 2.35. The molecule has 1 aliphatic rings. The van der Waals surface area contributed by atoms with Gasteiger partial charge in [0.15, 0.2) is 0 Å². The van der Waals surface area contributed by atoms with Crippen LogP contribution >= 0.6 is 0 Å². The van der Waals surface area contributed by atoms with E-state index in [0.29, 0.717) is 0 Å². The number of methoxy groups -OCH3 is 1. The van der Waals surface area contributed by atoms with E-state index in [9.17, 15) is 5.11 Å². The van der Waals surface area contributed by atoms with Crippen molar-refractivity contribution in [1.29, 1.82) is 0 Å². The molecule has 0 saturated heterocycles. The van der Waals surface area contributed by atoms with Crippen molar-refractivity contribution in [3.8, 4) is 5.75 Å². The molecule has 15 heavy (non-hydrogen) atoms. The molecule has 3 heteroatoms. The van der Waals surface area contributed by atoms with E-state index in [2.05, 4.69) is 0 Å². The van der Waals surface area contributed by atoms with Crippen LogP contribution in [0.3, 0.4) is 0 Å². The van der Waals surface area contributed by atoms with Crippen molar-refractivity contribution in [3.63, 3.8) is 0 Å². The molecule has 1 aromatic carbocycles. The molecule has 3 N–H and O–H groups in total. The molecule has 82 valence electrons. The van der Waals surface area contributed by atoms with E-state index in [0.717, 1.165) is 30.6 Å². The van der Waals surface area contributed by atoms with Crippen molar-refractivity contribution < 1.29 is 9.84 Å². The Labute approximate surface area is 89.9 Å². The maximum absolute atomic E-state index is 9.39. The van der Waals surface area contributed by atoms with Gasteiger partial charge in [0.25, 0.3) is 0 Å². The molecular formula is C12H17NO2. The van der Waals surface area contributed by atoms with E-state index in [-0.39, 0.29) is 6.61 Å². The molecule has 1 unspecified atom stereocenters. The number of nitrogens with two attached hydrogens (primary N) is 1. The van der Waals surface area contributed by atoms with Gasteiger partial charge in [-0.2, -0.15) is 0 Å². The third kappa shape index (κ3) is 1.73. The second kappa shape index (κ2) is 3.83. The molecule has 0 amide bonds. The Morgan fingerprint density at radius 1 is 1.53 bits per heavy atom. The molecule has 0 aliphatic heterocycles. The lowest BCUT2D eigenvalue weighted by atomic mass is 9.77. The summed E-state index contributed by atoms with van der Waals surface area (Å²) in [6.07, 6.45) is 2.92. The summed E-state index contributed by atoms with van der Waals surface area (Å²) >= 11 is 0. The van der Waals surface area contributed by atoms with Crippen LogP contribution in [0, 0.1) is 0 Å². The lowest BCUT2D eigenvalue weighted by Crippen LogP contribution is -2.43. The fourth-order valence-electron chi connectivity index (χ4n) is 2.26. The minimum Gasteiger partial charge on any atom is -0.497 e. The normalized spacial score (nSPS) is 24.7. The van der Waals surface area contributed by atoms with E-state index in [1.54, 1.807) is 7.11 Å². The van der Waals surface area contributed by atoms with E-state index in [1.165, 1.54) is 5.56 Å². The van der Waals surface area contributed by atoms with E-state index in [4.69, 9.17) is 10.5 Å². The Morgan fingerprint density at radius 2 is 2.33 bits per heavy atom. The fourth-order valence-corrected chi connectivity index (χ4v) is 2.26. The molecule has 0 saturated carbocycles. The van der Waals surface area contributed by atoms with Gasteiger partial charge in [-0.05, 0) is 42.5 Å². The third-order valence-electron chi connectivity index (χ3n) is 3.20. The molecule has 1 aromatic rings. The minimum atomic E-state index is -0.581. The smallest absolute Gasteiger partial charge is 0.119 e. The summed E-state index contributed by atoms with van der Waals surface area (Å²) in [5, 5.41) is 9.39. The highest BCUT2D eigenvalue weighted by atomic mass is 16.5. The zero-order valence-electron chi connectivity index (χ0n) is 8.99. The highest BCUT2D eigenvalue weighted by molar-refractivity contribution is 5.41. The number of hydrogen-bond donors (Lipinski definition) is 2. The minimum absolute atomic E-state index is 0.00678. The van der Waals surface area contributed by atoms with Crippen LogP contribution in [0.4, 0.5) is 0 Å². The van der Waals surface area contributed by atoms with E-state index >= 15 is 0 Å². The summed E-state index contributed by atoms with van der Waals surface area (Å²) in [5.41, 5.74) is 7.88. The Kier molecular flexibility index (Phi) is 2.67. The highest BCUT2D eigenvalue weighted by Gasteiger charge is 2.32. The van der Waals surface area contributed by atoms with Gasteiger partial charge in [-0.3, -0.25) is 0 Å². The molecule has 0 radical (unpaired) electrons. The van der Waals surface area contributed by atoms with Crippen molar-refractivity contribution in [1.82, 2.24) is 0 Å². The molecule has 0 fully saturated rings. The summed E-state index contributed by atoms with van der Waals surface area (Å²) in [6.45, 7) is -0.00678. The number of hydrogen-bond acceptors (Lipinski definition) is 3. The molecule has 0 heterocycles. The summed E-state index contributed by atoms with van der Waals surface area (Å²) < 4.78 is 5.18. The van der Waals surface area contributed by atoms with Crippen LogP contribution in [-0.2, 0) is 12.0 Å². The monoisotopic (exact) mass is 207 g/mol. The van der Waals surface area contributed by atoms with Crippen molar-refractivity contribution in [2.24, 2.45) is 5.73 Å². The maximum Gasteiger partial charge on any atom is 0.119 e. The first-order valence-electron chi connectivity index (χ1n) is 5.27. The van der Waals surface area contributed by atoms with Crippen molar-refractivity contribution >= 4 is 0 Å². The van der Waals surface area contributed by atoms with Gasteiger partial charge < -0.3 is 15.6 Å². The summed E-state index contributed by atoms with van der Waals surface area (Å²) in [7, 11) is 1.64. The summed E-state index contributed by atoms with van der Waals surface area (Å²) in [4.78, 5) is 0. The number of fused-ring (bicyclic) bond motifs is 1. The Balaban J connectivity index is 2.48. The van der Waals surface area contributed by atoms with Crippen LogP contribution < -0.4 is 10.5 Å². The largest absolute Gasteiger partial charge is 0.497 e. The first-order chi connectivity index (χ1) is 7.19. The van der Waals surface area contributed by atoms with Crippen LogP contribution in [0.1, 0.15) is 24.0 Å². The lowest BCUT2D eigenvalue weighted by Gasteiger charge is -2.34. The van der Waals surface area contributed by atoms with Crippen LogP contribution in [-0.4, -0.2) is 18.8 Å². The molecular weight excluding hydrogens is 190 g/mol. The molecule has 1 aliphatic carbocycles. The SMILES string of the molecule is COc1ccc2c(c1)C(N)(CO)CCC2. The molecule has 1 atom stereocenters. The van der Waals surface area contributed by atoms with Crippen molar-refractivity contribution in [2.45, 2.75) is 24.8 Å². The number of aliphatic hydroxyl groups is 1. The van der Waals surface area contributed by atoms with Crippen molar-refractivity contribution in [3.05, 3.63) is 29.3 Å². The number of aryl methyl sites for hydroxylation is 1. The maximum atomic E-state index is 9.39. The van der Waals surface area contributed by atoms with Gasteiger partial charge in [0.05, 0.1) is 19.3 Å². The van der Waals surface area contributed by atoms with Gasteiger partial charge in [0.2, 0.25) is 0 Å². The Morgan fingerprint density at radius 3 is 3.00 bits per heavy atom. The Hall–Kier alpha value is -1.06. The van der Waals surface area contributed by atoms with Gasteiger partial charge in [-0.25, -0.2) is 0 Å². The number of benzene rings is 1. The summed E-state index contributed by atoms with van der Waals surface area (Å²) in [6, 6.07) is 5.94. The van der Waals surface area contributed by atoms with Gasteiger partial charge in [-0.1, -0.05) is 6.07 Å². The topological polar surface area (TPSA) is 55.5 Å². The predicted molar refractivity (Wildman–Crippen MR) is 58.9 cm³/mol. The lowest BCUT2D eigenvalue weighted by molar-refractivity contribution is 0.178. The van der Waals surface area contributed by atoms with Gasteiger partial charge >= 0.3 is 0 Å². The summed E-state index contributed by atoms with van der Waals surface area (Å²) in [5.74, 6) is 0.805. The van der Waals surface area contributed by atoms with Crippen LogP contribution in [0.15, 0.2) is 18.2 Å². The number of rotatable bonds is 2. The number of ether oxygens (including phenoxy) is 1. The predicted octanol–water partition coefficient (Wildman–Crippen LogP) is 1.18. The molecule has 3 nitrogen and oxygen atoms in total. The first-order valence-corrected chi connectivity index (χ1v) is 5.27. The van der Waals surface area contributed by atoms with Crippen LogP contribution in [0.5, 0.6) is 5.75 Å². The Bertz CT molecular complexity index is 365. The standard InChI is InChI=1S/C12H17NO2/c1-15-10-5-4-9-3-2-6-12(13,8-14)11(9)7-10/h4-5,7,14H,2-3,6,8,13H2,1H3. The zero-order valence-corrected chi connectivity index (χ0v) is 8.99. The fraction of sp³-hybridized carbons (Fsp3) is 0.500. The molecule has 2 rings (SSSR count).